The number of benzene rings is 1. The van der Waals surface area contributed by atoms with Crippen LogP contribution in [0.1, 0.15) is 38.2 Å². The van der Waals surface area contributed by atoms with E-state index in [2.05, 4.69) is 29.4 Å². The van der Waals surface area contributed by atoms with Crippen LogP contribution < -0.4 is 10.1 Å². The number of nitrogens with one attached hydrogen (secondary N) is 1. The van der Waals surface area contributed by atoms with Crippen LogP contribution in [0, 0.1) is 0 Å². The minimum Gasteiger partial charge on any atom is -0.494 e. The predicted octanol–water partition coefficient (Wildman–Crippen LogP) is 2.18. The molecule has 1 unspecified atom stereocenters. The van der Waals surface area contributed by atoms with Crippen LogP contribution in [0.15, 0.2) is 24.3 Å². The second-order valence-electron chi connectivity index (χ2n) is 7.69. The van der Waals surface area contributed by atoms with Crippen LogP contribution in [0.2, 0.25) is 0 Å². The van der Waals surface area contributed by atoms with Crippen LogP contribution in [-0.4, -0.2) is 61.1 Å². The average molecular weight is 348 g/mol. The highest BCUT2D eigenvalue weighted by Gasteiger charge is 2.45. The van der Waals surface area contributed by atoms with Gasteiger partial charge in [0.05, 0.1) is 24.4 Å². The molecule has 5 nitrogen and oxygen atoms in total. The highest BCUT2D eigenvalue weighted by atomic mass is 16.5. The van der Waals surface area contributed by atoms with E-state index in [4.69, 9.17) is 9.47 Å². The SMILES string of the molecule is CCOc1cccc(CN(C)CC2(O)CCOC3(CCNCC3)C2)c1. The molecule has 2 fully saturated rings. The molecule has 3 rings (SSSR count). The summed E-state index contributed by atoms with van der Waals surface area (Å²) in [5.74, 6) is 0.909. The van der Waals surface area contributed by atoms with Crippen molar-refractivity contribution in [1.29, 1.82) is 0 Å². The Morgan fingerprint density at radius 3 is 2.84 bits per heavy atom. The van der Waals surface area contributed by atoms with Crippen molar-refractivity contribution in [3.8, 4) is 5.75 Å². The van der Waals surface area contributed by atoms with Gasteiger partial charge in [0, 0.05) is 25.9 Å². The quantitative estimate of drug-likeness (QED) is 0.825. The maximum absolute atomic E-state index is 11.2. The van der Waals surface area contributed by atoms with E-state index in [1.165, 1.54) is 5.56 Å². The third-order valence-electron chi connectivity index (χ3n) is 5.37. The van der Waals surface area contributed by atoms with Crippen molar-refractivity contribution >= 4 is 0 Å². The first-order valence-electron chi connectivity index (χ1n) is 9.50. The average Bonchev–Trinajstić information content (AvgIpc) is 2.55. The summed E-state index contributed by atoms with van der Waals surface area (Å²) in [5.41, 5.74) is 0.413. The molecule has 0 amide bonds. The van der Waals surface area contributed by atoms with Gasteiger partial charge < -0.3 is 19.9 Å². The summed E-state index contributed by atoms with van der Waals surface area (Å²) in [6.07, 6.45) is 3.45. The lowest BCUT2D eigenvalue weighted by Crippen LogP contribution is -2.56. The van der Waals surface area contributed by atoms with Crippen molar-refractivity contribution < 1.29 is 14.6 Å². The Labute approximate surface area is 151 Å². The zero-order chi connectivity index (χ0) is 17.8. The Morgan fingerprint density at radius 1 is 1.28 bits per heavy atom. The molecule has 140 valence electrons. The molecule has 2 aliphatic heterocycles. The summed E-state index contributed by atoms with van der Waals surface area (Å²) < 4.78 is 11.7. The van der Waals surface area contributed by atoms with Crippen LogP contribution in [0.3, 0.4) is 0 Å². The number of hydrogen-bond acceptors (Lipinski definition) is 5. The second-order valence-corrected chi connectivity index (χ2v) is 7.69. The lowest BCUT2D eigenvalue weighted by atomic mass is 9.77. The highest BCUT2D eigenvalue weighted by molar-refractivity contribution is 5.28. The number of piperidine rings is 1. The lowest BCUT2D eigenvalue weighted by Gasteiger charge is -2.48. The molecule has 1 spiro atoms. The molecule has 2 saturated heterocycles. The van der Waals surface area contributed by atoms with Gasteiger partial charge in [0.1, 0.15) is 5.75 Å². The van der Waals surface area contributed by atoms with Gasteiger partial charge >= 0.3 is 0 Å². The molecule has 1 aromatic rings. The maximum Gasteiger partial charge on any atom is 0.119 e. The first-order chi connectivity index (χ1) is 12.0. The van der Waals surface area contributed by atoms with E-state index in [0.29, 0.717) is 26.2 Å². The van der Waals surface area contributed by atoms with Gasteiger partial charge in [0.15, 0.2) is 0 Å². The minimum absolute atomic E-state index is 0.131. The maximum atomic E-state index is 11.2. The summed E-state index contributed by atoms with van der Waals surface area (Å²) in [5, 5.41) is 14.6. The molecule has 1 atom stereocenters. The van der Waals surface area contributed by atoms with E-state index in [0.717, 1.165) is 44.6 Å². The Hall–Kier alpha value is -1.14. The molecule has 25 heavy (non-hydrogen) atoms. The summed E-state index contributed by atoms with van der Waals surface area (Å²) in [7, 11) is 2.08. The molecule has 0 aromatic heterocycles. The minimum atomic E-state index is -0.665. The van der Waals surface area contributed by atoms with Crippen molar-refractivity contribution in [3.63, 3.8) is 0 Å². The zero-order valence-electron chi connectivity index (χ0n) is 15.6. The van der Waals surface area contributed by atoms with E-state index in [1.54, 1.807) is 0 Å². The van der Waals surface area contributed by atoms with Crippen LogP contribution in [0.4, 0.5) is 0 Å². The monoisotopic (exact) mass is 348 g/mol. The summed E-state index contributed by atoms with van der Waals surface area (Å²) >= 11 is 0. The van der Waals surface area contributed by atoms with E-state index >= 15 is 0 Å². The smallest absolute Gasteiger partial charge is 0.119 e. The number of aliphatic hydroxyl groups is 1. The van der Waals surface area contributed by atoms with Crippen molar-refractivity contribution in [2.45, 2.75) is 50.4 Å². The fourth-order valence-electron chi connectivity index (χ4n) is 4.31. The Morgan fingerprint density at radius 2 is 2.08 bits per heavy atom. The highest BCUT2D eigenvalue weighted by Crippen LogP contribution is 2.38. The molecule has 2 aliphatic rings. The van der Waals surface area contributed by atoms with Crippen molar-refractivity contribution in [2.75, 3.05) is 39.9 Å². The van der Waals surface area contributed by atoms with Gasteiger partial charge in [-0.05, 0) is 57.6 Å². The molecule has 1 aromatic carbocycles. The first-order valence-corrected chi connectivity index (χ1v) is 9.50. The molecule has 0 bridgehead atoms. The molecule has 5 heteroatoms. The molecule has 0 saturated carbocycles. The van der Waals surface area contributed by atoms with Crippen LogP contribution in [0.5, 0.6) is 5.75 Å². The lowest BCUT2D eigenvalue weighted by molar-refractivity contribution is -0.175. The van der Waals surface area contributed by atoms with E-state index in [-0.39, 0.29) is 5.60 Å². The Balaban J connectivity index is 1.59. The fourth-order valence-corrected chi connectivity index (χ4v) is 4.31. The molecular weight excluding hydrogens is 316 g/mol. The van der Waals surface area contributed by atoms with Gasteiger partial charge in [-0.2, -0.15) is 0 Å². The second kappa shape index (κ2) is 8.04. The van der Waals surface area contributed by atoms with Crippen molar-refractivity contribution in [2.24, 2.45) is 0 Å². The Kier molecular flexibility index (Phi) is 6.00. The topological polar surface area (TPSA) is 54.0 Å². The third-order valence-corrected chi connectivity index (χ3v) is 5.37. The number of rotatable bonds is 6. The van der Waals surface area contributed by atoms with Crippen LogP contribution >= 0.6 is 0 Å². The van der Waals surface area contributed by atoms with Gasteiger partial charge in [-0.25, -0.2) is 0 Å². The van der Waals surface area contributed by atoms with E-state index < -0.39 is 5.60 Å². The number of ether oxygens (including phenoxy) is 2. The predicted molar refractivity (Wildman–Crippen MR) is 98.9 cm³/mol. The van der Waals surface area contributed by atoms with Crippen molar-refractivity contribution in [3.05, 3.63) is 29.8 Å². The summed E-state index contributed by atoms with van der Waals surface area (Å²) in [6.45, 7) is 6.77. The third kappa shape index (κ3) is 4.94. The molecule has 0 aliphatic carbocycles. The molecule has 2 heterocycles. The standard InChI is InChI=1S/C20H32N2O3/c1-3-24-18-6-4-5-17(13-18)14-22(2)16-19(23)9-12-25-20(15-19)7-10-21-11-8-20/h4-6,13,21,23H,3,7-12,14-16H2,1-2H3. The van der Waals surface area contributed by atoms with Crippen LogP contribution in [0.25, 0.3) is 0 Å². The first kappa shape index (κ1) is 18.6. The van der Waals surface area contributed by atoms with Crippen LogP contribution in [-0.2, 0) is 11.3 Å². The van der Waals surface area contributed by atoms with Gasteiger partial charge in [0.25, 0.3) is 0 Å². The normalized spacial score (nSPS) is 26.1. The largest absolute Gasteiger partial charge is 0.494 e. The Bertz CT molecular complexity index is 554. The van der Waals surface area contributed by atoms with Gasteiger partial charge in [0.2, 0.25) is 0 Å². The molecule has 2 N–H and O–H groups in total. The van der Waals surface area contributed by atoms with Gasteiger partial charge in [-0.1, -0.05) is 12.1 Å². The van der Waals surface area contributed by atoms with Crippen molar-refractivity contribution in [1.82, 2.24) is 10.2 Å². The summed E-state index contributed by atoms with van der Waals surface area (Å²) in [4.78, 5) is 2.21. The number of nitrogens with zero attached hydrogens (tertiary/aromatic N) is 1. The van der Waals surface area contributed by atoms with Gasteiger partial charge in [-0.15, -0.1) is 0 Å². The zero-order valence-corrected chi connectivity index (χ0v) is 15.6. The molecular formula is C20H32N2O3. The molecule has 0 radical (unpaired) electrons. The fraction of sp³-hybridized carbons (Fsp3) is 0.700. The number of hydrogen-bond donors (Lipinski definition) is 2. The number of likely N-dealkylation sites (N-methyl/N-ethyl adjacent to an activating group) is 1. The van der Waals surface area contributed by atoms with E-state index in [9.17, 15) is 5.11 Å². The summed E-state index contributed by atoms with van der Waals surface area (Å²) in [6, 6.07) is 8.21. The van der Waals surface area contributed by atoms with Gasteiger partial charge in [-0.3, -0.25) is 4.90 Å². The van der Waals surface area contributed by atoms with E-state index in [1.807, 2.05) is 19.1 Å².